The van der Waals surface area contributed by atoms with Gasteiger partial charge in [0, 0.05) is 10.7 Å². The number of halogens is 1. The van der Waals surface area contributed by atoms with Gasteiger partial charge in [0.05, 0.1) is 25.1 Å². The zero-order chi connectivity index (χ0) is 14.7. The topological polar surface area (TPSA) is 133 Å². The van der Waals surface area contributed by atoms with Crippen LogP contribution in [0.5, 0.6) is 0 Å². The summed E-state index contributed by atoms with van der Waals surface area (Å²) in [7, 11) is -2.05. The number of hydrogen-bond acceptors (Lipinski definition) is 9. The zero-order valence-corrected chi connectivity index (χ0v) is 12.5. The maximum atomic E-state index is 10.4. The normalized spacial score (nSPS) is 33.7. The summed E-state index contributed by atoms with van der Waals surface area (Å²) >= 11 is -1.81. The van der Waals surface area contributed by atoms with Gasteiger partial charge in [-0.3, -0.25) is 12.5 Å². The second-order valence-corrected chi connectivity index (χ2v) is 8.92. The van der Waals surface area contributed by atoms with E-state index in [0.717, 1.165) is 0 Å². The van der Waals surface area contributed by atoms with E-state index < -0.39 is 42.7 Å². The smallest absolute Gasteiger partial charge is 0.305 e. The molecule has 0 aromatic heterocycles. The van der Waals surface area contributed by atoms with Gasteiger partial charge < -0.3 is 5.11 Å². The van der Waals surface area contributed by atoms with Crippen molar-refractivity contribution in [3.05, 3.63) is 0 Å². The lowest BCUT2D eigenvalue weighted by molar-refractivity contribution is 0.157. The van der Waals surface area contributed by atoms with Crippen LogP contribution in [0.25, 0.3) is 0 Å². The third kappa shape index (κ3) is 7.51. The van der Waals surface area contributed by atoms with Crippen LogP contribution in [0.3, 0.4) is 0 Å². The van der Waals surface area contributed by atoms with Crippen molar-refractivity contribution in [1.82, 2.24) is 0 Å². The minimum Gasteiger partial charge on any atom is -0.390 e. The first-order valence-corrected chi connectivity index (χ1v) is 9.83. The van der Waals surface area contributed by atoms with Gasteiger partial charge in [0.15, 0.2) is 0 Å². The molecule has 13 heteroatoms. The van der Waals surface area contributed by atoms with Crippen molar-refractivity contribution in [3.8, 4) is 0 Å². The molecule has 0 saturated carbocycles. The fourth-order valence-electron chi connectivity index (χ4n) is 1.11. The molecule has 0 spiro atoms. The summed E-state index contributed by atoms with van der Waals surface area (Å²) in [5, 5.41) is 8.56. The maximum absolute atomic E-state index is 10.4. The van der Waals surface area contributed by atoms with Crippen LogP contribution in [-0.2, 0) is 43.1 Å². The van der Waals surface area contributed by atoms with Crippen LogP contribution < -0.4 is 0 Å². The first-order chi connectivity index (χ1) is 8.57. The molecular formula is C6H11ClO9S3. The highest BCUT2D eigenvalue weighted by atomic mass is 35.7. The molecule has 19 heavy (non-hydrogen) atoms. The molecule has 0 aromatic carbocycles. The van der Waals surface area contributed by atoms with Gasteiger partial charge in [0.25, 0.3) is 10.1 Å². The van der Waals surface area contributed by atoms with Gasteiger partial charge in [-0.15, -0.1) is 0 Å². The van der Waals surface area contributed by atoms with E-state index >= 15 is 0 Å². The van der Waals surface area contributed by atoms with Gasteiger partial charge in [-0.2, -0.15) is 12.6 Å². The van der Waals surface area contributed by atoms with Crippen LogP contribution >= 0.6 is 10.7 Å². The first kappa shape index (κ1) is 17.2. The molecule has 1 N–H and O–H groups in total. The van der Waals surface area contributed by atoms with Crippen LogP contribution in [0.15, 0.2) is 0 Å². The third-order valence-electron chi connectivity index (χ3n) is 1.79. The Kier molecular flexibility index (Phi) is 6.13. The van der Waals surface area contributed by atoms with Crippen molar-refractivity contribution in [3.63, 3.8) is 0 Å². The highest BCUT2D eigenvalue weighted by molar-refractivity contribution is 8.13. The highest BCUT2D eigenvalue weighted by Gasteiger charge is 2.28. The fourth-order valence-corrected chi connectivity index (χ4v) is 3.92. The van der Waals surface area contributed by atoms with Crippen LogP contribution in [-0.4, -0.2) is 63.1 Å². The maximum Gasteiger partial charge on any atom is 0.305 e. The average molecular weight is 359 g/mol. The Hall–Kier alpha value is 0.180. The second kappa shape index (κ2) is 6.76. The van der Waals surface area contributed by atoms with Crippen molar-refractivity contribution in [2.45, 2.75) is 12.2 Å². The monoisotopic (exact) mass is 358 g/mol. The Morgan fingerprint density at radius 1 is 1.37 bits per heavy atom. The standard InChI is InChI=1S/C3H5ClO5S2.C3H6O4S/c4-11(6,7)2-3-1-8-10(5)9-3;4-3-1-7-8(5,6)2-3/h3H,1-2H2;3-4H,1-2H2. The SMILES string of the molecule is O=S1(=O)CC(O)CO1.O=S1OCC(CS(=O)(=O)Cl)O1. The van der Waals surface area contributed by atoms with Gasteiger partial charge >= 0.3 is 11.4 Å². The van der Waals surface area contributed by atoms with Gasteiger partial charge in [-0.25, -0.2) is 8.42 Å². The van der Waals surface area contributed by atoms with Crippen molar-refractivity contribution in [2.75, 3.05) is 24.7 Å². The molecule has 0 aromatic rings. The van der Waals surface area contributed by atoms with Gasteiger partial charge in [0.1, 0.15) is 11.9 Å². The van der Waals surface area contributed by atoms with Gasteiger partial charge in [0.2, 0.25) is 9.05 Å². The van der Waals surface area contributed by atoms with Crippen LogP contribution in [0.1, 0.15) is 0 Å². The molecule has 2 rings (SSSR count). The predicted molar refractivity (Wildman–Crippen MR) is 64.4 cm³/mol. The van der Waals surface area contributed by atoms with Crippen molar-refractivity contribution >= 4 is 41.2 Å². The van der Waals surface area contributed by atoms with Gasteiger partial charge in [-0.1, -0.05) is 0 Å². The highest BCUT2D eigenvalue weighted by Crippen LogP contribution is 2.12. The third-order valence-corrected chi connectivity index (χ3v) is 4.98. The molecule has 0 radical (unpaired) electrons. The summed E-state index contributed by atoms with van der Waals surface area (Å²) in [5.41, 5.74) is 0. The number of aliphatic hydroxyl groups excluding tert-OH is 1. The first-order valence-electron chi connectivity index (χ1n) is 4.77. The van der Waals surface area contributed by atoms with E-state index in [0.29, 0.717) is 0 Å². The minimum absolute atomic E-state index is 0.00143. The van der Waals surface area contributed by atoms with E-state index in [-0.39, 0.29) is 24.7 Å². The summed E-state index contributed by atoms with van der Waals surface area (Å²) in [4.78, 5) is 0. The molecular weight excluding hydrogens is 348 g/mol. The molecule has 2 heterocycles. The van der Waals surface area contributed by atoms with Crippen molar-refractivity contribution in [1.29, 1.82) is 0 Å². The van der Waals surface area contributed by atoms with E-state index in [1.165, 1.54) is 0 Å². The zero-order valence-electron chi connectivity index (χ0n) is 9.30. The minimum atomic E-state index is -3.60. The number of aliphatic hydroxyl groups is 1. The Morgan fingerprint density at radius 2 is 2.00 bits per heavy atom. The molecule has 0 amide bonds. The molecule has 3 atom stereocenters. The second-order valence-electron chi connectivity index (χ2n) is 3.58. The van der Waals surface area contributed by atoms with Gasteiger partial charge in [-0.05, 0) is 0 Å². The van der Waals surface area contributed by atoms with E-state index in [2.05, 4.69) is 12.5 Å². The Morgan fingerprint density at radius 3 is 2.26 bits per heavy atom. The van der Waals surface area contributed by atoms with Crippen LogP contribution in [0.2, 0.25) is 0 Å². The molecule has 0 aliphatic carbocycles. The summed E-state index contributed by atoms with van der Waals surface area (Å²) < 4.78 is 64.9. The quantitative estimate of drug-likeness (QED) is 0.450. The Balaban J connectivity index is 0.000000200. The van der Waals surface area contributed by atoms with Crippen molar-refractivity contribution < 1.29 is 38.7 Å². The molecule has 114 valence electrons. The largest absolute Gasteiger partial charge is 0.390 e. The van der Waals surface area contributed by atoms with E-state index in [4.69, 9.17) is 15.8 Å². The predicted octanol–water partition coefficient (Wildman–Crippen LogP) is -1.74. The summed E-state index contributed by atoms with van der Waals surface area (Å²) in [5.74, 6) is -0.632. The summed E-state index contributed by atoms with van der Waals surface area (Å²) in [6.07, 6.45) is -1.53. The molecule has 3 unspecified atom stereocenters. The van der Waals surface area contributed by atoms with Crippen molar-refractivity contribution in [2.24, 2.45) is 0 Å². The molecule has 2 aliphatic rings. The van der Waals surface area contributed by atoms with E-state index in [1.807, 2.05) is 0 Å². The molecule has 2 fully saturated rings. The van der Waals surface area contributed by atoms with Crippen LogP contribution in [0.4, 0.5) is 0 Å². The lowest BCUT2D eigenvalue weighted by Crippen LogP contribution is -2.19. The summed E-state index contributed by atoms with van der Waals surface area (Å²) in [6, 6.07) is 0. The molecule has 0 bridgehead atoms. The molecule has 9 nitrogen and oxygen atoms in total. The Bertz CT molecular complexity index is 526. The Labute approximate surface area is 117 Å². The average Bonchev–Trinajstić information content (AvgIpc) is 2.71. The fraction of sp³-hybridized carbons (Fsp3) is 1.00. The van der Waals surface area contributed by atoms with Crippen LogP contribution in [0, 0.1) is 0 Å². The molecule has 2 saturated heterocycles. The number of rotatable bonds is 2. The molecule has 2 aliphatic heterocycles. The van der Waals surface area contributed by atoms with E-state index in [9.17, 15) is 21.0 Å². The lowest BCUT2D eigenvalue weighted by Gasteiger charge is -1.99. The number of hydrogen-bond donors (Lipinski definition) is 1. The van der Waals surface area contributed by atoms with E-state index in [1.54, 1.807) is 0 Å². The lowest BCUT2D eigenvalue weighted by atomic mass is 10.4. The summed E-state index contributed by atoms with van der Waals surface area (Å²) in [6.45, 7) is -0.0824.